The van der Waals surface area contributed by atoms with Gasteiger partial charge in [0.05, 0.1) is 6.42 Å². The molecule has 1 fully saturated rings. The first-order chi connectivity index (χ1) is 11.1. The van der Waals surface area contributed by atoms with Gasteiger partial charge in [0.2, 0.25) is 11.8 Å². The number of amides is 2. The maximum atomic E-state index is 12.5. The van der Waals surface area contributed by atoms with E-state index in [0.717, 1.165) is 11.3 Å². The van der Waals surface area contributed by atoms with E-state index in [0.29, 0.717) is 30.1 Å². The summed E-state index contributed by atoms with van der Waals surface area (Å²) in [5.74, 6) is -0.120. The molecule has 0 radical (unpaired) electrons. The van der Waals surface area contributed by atoms with E-state index in [9.17, 15) is 9.59 Å². The van der Waals surface area contributed by atoms with Crippen LogP contribution in [0.25, 0.3) is 0 Å². The Morgan fingerprint density at radius 2 is 2.04 bits per heavy atom. The summed E-state index contributed by atoms with van der Waals surface area (Å²) >= 11 is 7.41. The Labute approximate surface area is 144 Å². The van der Waals surface area contributed by atoms with Crippen LogP contribution in [0.2, 0.25) is 5.02 Å². The lowest BCUT2D eigenvalue weighted by Crippen LogP contribution is -2.43. The van der Waals surface area contributed by atoms with Crippen molar-refractivity contribution < 1.29 is 9.59 Å². The summed E-state index contributed by atoms with van der Waals surface area (Å²) in [6.07, 6.45) is 1.92. The Bertz CT molecular complexity index is 685. The minimum Gasteiger partial charge on any atom is -0.330 e. The van der Waals surface area contributed by atoms with Crippen LogP contribution in [-0.2, 0) is 16.0 Å². The largest absolute Gasteiger partial charge is 0.330 e. The fourth-order valence-electron chi connectivity index (χ4n) is 2.76. The predicted molar refractivity (Wildman–Crippen MR) is 92.8 cm³/mol. The first-order valence-electron chi connectivity index (χ1n) is 7.52. The van der Waals surface area contributed by atoms with Crippen LogP contribution < -0.4 is 5.32 Å². The monoisotopic (exact) mass is 348 g/mol. The van der Waals surface area contributed by atoms with Gasteiger partial charge in [-0.15, -0.1) is 11.3 Å². The maximum absolute atomic E-state index is 12.5. The number of benzene rings is 1. The van der Waals surface area contributed by atoms with Crippen LogP contribution in [0.4, 0.5) is 5.69 Å². The smallest absolute Gasteiger partial charge is 0.247 e. The van der Waals surface area contributed by atoms with Gasteiger partial charge in [-0.2, -0.15) is 0 Å². The number of hydrogen-bond donors (Lipinski definition) is 1. The molecule has 1 atom stereocenters. The molecule has 6 heteroatoms. The lowest BCUT2D eigenvalue weighted by atomic mass is 10.2. The fraction of sp³-hybridized carbons (Fsp3) is 0.294. The van der Waals surface area contributed by atoms with Crippen molar-refractivity contribution in [2.45, 2.75) is 25.3 Å². The highest BCUT2D eigenvalue weighted by Gasteiger charge is 2.33. The summed E-state index contributed by atoms with van der Waals surface area (Å²) < 4.78 is 0. The second kappa shape index (κ2) is 7.15. The third-order valence-corrected chi connectivity index (χ3v) is 5.02. The SMILES string of the molecule is O=C(Nc1ccc(Cl)cc1)[C@H]1CCCN1C(=O)Cc1cccs1. The number of anilines is 1. The van der Waals surface area contributed by atoms with Crippen molar-refractivity contribution in [1.29, 1.82) is 0 Å². The van der Waals surface area contributed by atoms with E-state index in [-0.39, 0.29) is 11.8 Å². The van der Waals surface area contributed by atoms with Crippen LogP contribution in [0.5, 0.6) is 0 Å². The minimum atomic E-state index is -0.391. The zero-order valence-electron chi connectivity index (χ0n) is 12.5. The zero-order chi connectivity index (χ0) is 16.2. The van der Waals surface area contributed by atoms with Gasteiger partial charge >= 0.3 is 0 Å². The van der Waals surface area contributed by atoms with Crippen molar-refractivity contribution in [3.8, 4) is 0 Å². The van der Waals surface area contributed by atoms with Crippen molar-refractivity contribution in [3.63, 3.8) is 0 Å². The number of likely N-dealkylation sites (tertiary alicyclic amines) is 1. The number of nitrogens with one attached hydrogen (secondary N) is 1. The van der Waals surface area contributed by atoms with Crippen molar-refractivity contribution in [2.24, 2.45) is 0 Å². The second-order valence-corrected chi connectivity index (χ2v) is 6.97. The van der Waals surface area contributed by atoms with Crippen LogP contribution >= 0.6 is 22.9 Å². The van der Waals surface area contributed by atoms with E-state index in [1.807, 2.05) is 17.5 Å². The van der Waals surface area contributed by atoms with Crippen molar-refractivity contribution in [1.82, 2.24) is 4.90 Å². The number of nitrogens with zero attached hydrogens (tertiary/aromatic N) is 1. The summed E-state index contributed by atoms with van der Waals surface area (Å²) in [4.78, 5) is 27.7. The van der Waals surface area contributed by atoms with Crippen molar-refractivity contribution in [2.75, 3.05) is 11.9 Å². The molecule has 1 saturated heterocycles. The Morgan fingerprint density at radius 1 is 1.26 bits per heavy atom. The molecule has 23 heavy (non-hydrogen) atoms. The zero-order valence-corrected chi connectivity index (χ0v) is 14.1. The Hall–Kier alpha value is -1.85. The summed E-state index contributed by atoms with van der Waals surface area (Å²) in [6.45, 7) is 0.642. The standard InChI is InChI=1S/C17H17ClN2O2S/c18-12-5-7-13(8-6-12)19-17(22)15-4-1-9-20(15)16(21)11-14-3-2-10-23-14/h2-3,5-8,10,15H,1,4,9,11H2,(H,19,22)/t15-/m1/s1. The van der Waals surface area contributed by atoms with Gasteiger partial charge in [-0.05, 0) is 48.6 Å². The van der Waals surface area contributed by atoms with Crippen LogP contribution in [0, 0.1) is 0 Å². The lowest BCUT2D eigenvalue weighted by Gasteiger charge is -2.24. The molecular formula is C17H17ClN2O2S. The van der Waals surface area contributed by atoms with Gasteiger partial charge in [-0.3, -0.25) is 9.59 Å². The number of halogens is 1. The minimum absolute atomic E-state index is 0.0150. The number of hydrogen-bond acceptors (Lipinski definition) is 3. The van der Waals surface area contributed by atoms with E-state index in [2.05, 4.69) is 5.32 Å². The summed E-state index contributed by atoms with van der Waals surface area (Å²) in [5, 5.41) is 5.44. The van der Waals surface area contributed by atoms with Crippen LogP contribution in [0.3, 0.4) is 0 Å². The highest BCUT2D eigenvalue weighted by atomic mass is 35.5. The molecule has 0 spiro atoms. The third kappa shape index (κ3) is 3.92. The van der Waals surface area contributed by atoms with Crippen molar-refractivity contribution in [3.05, 3.63) is 51.7 Å². The molecule has 1 aromatic carbocycles. The van der Waals surface area contributed by atoms with Crippen LogP contribution in [-0.4, -0.2) is 29.3 Å². The maximum Gasteiger partial charge on any atom is 0.247 e. The van der Waals surface area contributed by atoms with E-state index in [1.165, 1.54) is 0 Å². The molecule has 1 N–H and O–H groups in total. The normalized spacial score (nSPS) is 17.3. The Kier molecular flexibility index (Phi) is 4.98. The summed E-state index contributed by atoms with van der Waals surface area (Å²) in [5.41, 5.74) is 0.692. The molecular weight excluding hydrogens is 332 g/mol. The van der Waals surface area contributed by atoms with E-state index in [4.69, 9.17) is 11.6 Å². The Morgan fingerprint density at radius 3 is 2.74 bits per heavy atom. The molecule has 120 valence electrons. The highest BCUT2D eigenvalue weighted by molar-refractivity contribution is 7.10. The molecule has 2 amide bonds. The second-order valence-electron chi connectivity index (χ2n) is 5.50. The van der Waals surface area contributed by atoms with Crippen LogP contribution in [0.15, 0.2) is 41.8 Å². The Balaban J connectivity index is 1.64. The van der Waals surface area contributed by atoms with Gasteiger partial charge < -0.3 is 10.2 Å². The van der Waals surface area contributed by atoms with Gasteiger partial charge in [0.15, 0.2) is 0 Å². The number of rotatable bonds is 4. The molecule has 1 aliphatic heterocycles. The highest BCUT2D eigenvalue weighted by Crippen LogP contribution is 2.22. The average Bonchev–Trinajstić information content (AvgIpc) is 3.20. The van der Waals surface area contributed by atoms with Crippen molar-refractivity contribution >= 4 is 40.4 Å². The van der Waals surface area contributed by atoms with Gasteiger partial charge in [-0.1, -0.05) is 17.7 Å². The van der Waals surface area contributed by atoms with Gasteiger partial charge in [0.1, 0.15) is 6.04 Å². The first-order valence-corrected chi connectivity index (χ1v) is 8.77. The summed E-state index contributed by atoms with van der Waals surface area (Å²) in [6, 6.07) is 10.5. The quantitative estimate of drug-likeness (QED) is 0.918. The predicted octanol–water partition coefficient (Wildman–Crippen LogP) is 3.57. The fourth-order valence-corrected chi connectivity index (χ4v) is 3.58. The van der Waals surface area contributed by atoms with Gasteiger partial charge in [0.25, 0.3) is 0 Å². The van der Waals surface area contributed by atoms with Gasteiger partial charge in [-0.25, -0.2) is 0 Å². The molecule has 2 aromatic rings. The molecule has 1 aromatic heterocycles. The molecule has 1 aliphatic rings. The topological polar surface area (TPSA) is 49.4 Å². The molecule has 0 aliphatic carbocycles. The molecule has 4 nitrogen and oxygen atoms in total. The third-order valence-electron chi connectivity index (χ3n) is 3.89. The van der Waals surface area contributed by atoms with E-state index in [1.54, 1.807) is 40.5 Å². The van der Waals surface area contributed by atoms with E-state index >= 15 is 0 Å². The molecule has 2 heterocycles. The van der Waals surface area contributed by atoms with Crippen LogP contribution in [0.1, 0.15) is 17.7 Å². The first kappa shape index (κ1) is 16.0. The number of carbonyl (C=O) groups excluding carboxylic acids is 2. The van der Waals surface area contributed by atoms with Gasteiger partial charge in [0, 0.05) is 22.1 Å². The van der Waals surface area contributed by atoms with E-state index < -0.39 is 6.04 Å². The molecule has 0 bridgehead atoms. The lowest BCUT2D eigenvalue weighted by molar-refractivity contribution is -0.136. The molecule has 0 unspecified atom stereocenters. The summed E-state index contributed by atoms with van der Waals surface area (Å²) in [7, 11) is 0. The molecule has 3 rings (SSSR count). The molecule has 0 saturated carbocycles. The number of thiophene rings is 1. The average molecular weight is 349 g/mol. The number of carbonyl (C=O) groups is 2.